The first-order valence-electron chi connectivity index (χ1n) is 6.64. The van der Waals surface area contributed by atoms with E-state index in [0.717, 1.165) is 18.4 Å². The molecule has 3 nitrogen and oxygen atoms in total. The smallest absolute Gasteiger partial charge is 0.309 e. The summed E-state index contributed by atoms with van der Waals surface area (Å²) in [4.78, 5) is 11.7. The fourth-order valence-corrected chi connectivity index (χ4v) is 1.94. The highest BCUT2D eigenvalue weighted by molar-refractivity contribution is 5.72. The molecule has 0 unspecified atom stereocenters. The second-order valence-electron chi connectivity index (χ2n) is 4.47. The zero-order chi connectivity index (χ0) is 13.3. The van der Waals surface area contributed by atoms with Crippen molar-refractivity contribution in [3.8, 4) is 11.8 Å². The molecule has 1 fully saturated rings. The molecule has 1 saturated heterocycles. The Morgan fingerprint density at radius 3 is 2.74 bits per heavy atom. The molecule has 0 N–H and O–H groups in total. The second kappa shape index (κ2) is 7.60. The van der Waals surface area contributed by atoms with Crippen molar-refractivity contribution in [2.45, 2.75) is 19.3 Å². The third-order valence-corrected chi connectivity index (χ3v) is 3.03. The van der Waals surface area contributed by atoms with Gasteiger partial charge in [-0.15, -0.1) is 0 Å². The molecule has 1 heterocycles. The minimum Gasteiger partial charge on any atom is -0.464 e. The van der Waals surface area contributed by atoms with E-state index in [-0.39, 0.29) is 11.9 Å². The van der Waals surface area contributed by atoms with Crippen molar-refractivity contribution < 1.29 is 14.3 Å². The van der Waals surface area contributed by atoms with Crippen LogP contribution in [0.5, 0.6) is 0 Å². The summed E-state index contributed by atoms with van der Waals surface area (Å²) in [7, 11) is 0. The van der Waals surface area contributed by atoms with E-state index in [4.69, 9.17) is 9.47 Å². The first-order valence-corrected chi connectivity index (χ1v) is 6.64. The van der Waals surface area contributed by atoms with Gasteiger partial charge in [0.2, 0.25) is 0 Å². The molecular weight excluding hydrogens is 240 g/mol. The molecule has 0 amide bonds. The number of hydrogen-bond donors (Lipinski definition) is 0. The molecule has 0 atom stereocenters. The maximum atomic E-state index is 11.7. The van der Waals surface area contributed by atoms with Gasteiger partial charge in [-0.05, 0) is 25.0 Å². The normalized spacial score (nSPS) is 15.4. The minimum absolute atomic E-state index is 0.0100. The van der Waals surface area contributed by atoms with Gasteiger partial charge in [0.25, 0.3) is 0 Å². The third-order valence-electron chi connectivity index (χ3n) is 3.03. The minimum atomic E-state index is -0.107. The van der Waals surface area contributed by atoms with Crippen LogP contribution in [-0.2, 0) is 14.3 Å². The first kappa shape index (κ1) is 13.6. The Kier molecular flexibility index (Phi) is 5.46. The number of esters is 1. The average molecular weight is 258 g/mol. The van der Waals surface area contributed by atoms with E-state index in [1.165, 1.54) is 0 Å². The molecule has 0 saturated carbocycles. The lowest BCUT2D eigenvalue weighted by Crippen LogP contribution is -2.25. The lowest BCUT2D eigenvalue weighted by Gasteiger charge is -2.20. The lowest BCUT2D eigenvalue weighted by atomic mass is 10.0. The number of hydrogen-bond acceptors (Lipinski definition) is 3. The van der Waals surface area contributed by atoms with Gasteiger partial charge >= 0.3 is 5.97 Å². The standard InChI is InChI=1S/C16H18O3/c17-16(15-9-12-18-13-10-15)19-11-5-4-8-14-6-2-1-3-7-14/h1-3,6-7,15H,5,9-13H2. The van der Waals surface area contributed by atoms with E-state index < -0.39 is 0 Å². The molecule has 3 heteroatoms. The predicted molar refractivity (Wildman–Crippen MR) is 72.4 cm³/mol. The Labute approximate surface area is 113 Å². The average Bonchev–Trinajstić information content (AvgIpc) is 2.49. The summed E-state index contributed by atoms with van der Waals surface area (Å²) in [6.45, 7) is 1.69. The lowest BCUT2D eigenvalue weighted by molar-refractivity contribution is -0.151. The van der Waals surface area contributed by atoms with E-state index in [9.17, 15) is 4.79 Å². The Balaban J connectivity index is 1.66. The summed E-state index contributed by atoms with van der Waals surface area (Å²) in [5.41, 5.74) is 0.984. The van der Waals surface area contributed by atoms with Gasteiger partial charge in [-0.3, -0.25) is 4.79 Å². The van der Waals surface area contributed by atoms with Crippen LogP contribution in [0.2, 0.25) is 0 Å². The van der Waals surface area contributed by atoms with Crippen LogP contribution in [0, 0.1) is 17.8 Å². The fraction of sp³-hybridized carbons (Fsp3) is 0.438. The molecular formula is C16H18O3. The van der Waals surface area contributed by atoms with Crippen molar-refractivity contribution in [2.24, 2.45) is 5.92 Å². The summed E-state index contributed by atoms with van der Waals surface area (Å²) < 4.78 is 10.4. The quantitative estimate of drug-likeness (QED) is 0.474. The SMILES string of the molecule is O=C(OCCC#Cc1ccccc1)C1CCOCC1. The van der Waals surface area contributed by atoms with Crippen LogP contribution in [0.4, 0.5) is 0 Å². The van der Waals surface area contributed by atoms with Gasteiger partial charge in [-0.1, -0.05) is 30.0 Å². The summed E-state index contributed by atoms with van der Waals surface area (Å²) in [5.74, 6) is 5.95. The highest BCUT2D eigenvalue weighted by atomic mass is 16.5. The van der Waals surface area contributed by atoms with Gasteiger partial charge in [-0.25, -0.2) is 0 Å². The monoisotopic (exact) mass is 258 g/mol. The van der Waals surface area contributed by atoms with Crippen LogP contribution in [0.3, 0.4) is 0 Å². The number of rotatable bonds is 3. The van der Waals surface area contributed by atoms with Crippen LogP contribution in [0.1, 0.15) is 24.8 Å². The molecule has 19 heavy (non-hydrogen) atoms. The van der Waals surface area contributed by atoms with Gasteiger partial charge in [0.15, 0.2) is 0 Å². The van der Waals surface area contributed by atoms with Crippen molar-refractivity contribution >= 4 is 5.97 Å². The van der Waals surface area contributed by atoms with Crippen molar-refractivity contribution in [1.29, 1.82) is 0 Å². The molecule has 1 aliphatic heterocycles. The zero-order valence-electron chi connectivity index (χ0n) is 10.9. The zero-order valence-corrected chi connectivity index (χ0v) is 10.9. The fourth-order valence-electron chi connectivity index (χ4n) is 1.94. The Morgan fingerprint density at radius 2 is 2.00 bits per heavy atom. The second-order valence-corrected chi connectivity index (χ2v) is 4.47. The molecule has 1 aromatic carbocycles. The Morgan fingerprint density at radius 1 is 1.26 bits per heavy atom. The van der Waals surface area contributed by atoms with Crippen LogP contribution < -0.4 is 0 Å². The molecule has 100 valence electrons. The number of carbonyl (C=O) groups excluding carboxylic acids is 1. The number of ether oxygens (including phenoxy) is 2. The first-order chi connectivity index (χ1) is 9.36. The highest BCUT2D eigenvalue weighted by Crippen LogP contribution is 2.16. The van der Waals surface area contributed by atoms with Crippen molar-refractivity contribution in [3.05, 3.63) is 35.9 Å². The van der Waals surface area contributed by atoms with Crippen molar-refractivity contribution in [1.82, 2.24) is 0 Å². The van der Waals surface area contributed by atoms with E-state index >= 15 is 0 Å². The van der Waals surface area contributed by atoms with Crippen molar-refractivity contribution in [3.63, 3.8) is 0 Å². The summed E-state index contributed by atoms with van der Waals surface area (Å²) in [6.07, 6.45) is 2.12. The molecule has 0 spiro atoms. The van der Waals surface area contributed by atoms with Gasteiger partial charge in [0.1, 0.15) is 6.61 Å². The summed E-state index contributed by atoms with van der Waals surface area (Å²) in [6, 6.07) is 9.79. The van der Waals surface area contributed by atoms with Gasteiger partial charge < -0.3 is 9.47 Å². The maximum absolute atomic E-state index is 11.7. The van der Waals surface area contributed by atoms with E-state index in [0.29, 0.717) is 26.2 Å². The van der Waals surface area contributed by atoms with E-state index in [1.807, 2.05) is 30.3 Å². The van der Waals surface area contributed by atoms with Crippen LogP contribution in [-0.4, -0.2) is 25.8 Å². The molecule has 0 aromatic heterocycles. The van der Waals surface area contributed by atoms with Crippen LogP contribution in [0.25, 0.3) is 0 Å². The van der Waals surface area contributed by atoms with Crippen LogP contribution in [0.15, 0.2) is 30.3 Å². The number of benzene rings is 1. The molecule has 1 aromatic rings. The van der Waals surface area contributed by atoms with Gasteiger partial charge in [0, 0.05) is 25.2 Å². The highest BCUT2D eigenvalue weighted by Gasteiger charge is 2.22. The van der Waals surface area contributed by atoms with Crippen LogP contribution >= 0.6 is 0 Å². The maximum Gasteiger partial charge on any atom is 0.309 e. The molecule has 1 aliphatic rings. The van der Waals surface area contributed by atoms with Gasteiger partial charge in [0.05, 0.1) is 5.92 Å². The predicted octanol–water partition coefficient (Wildman–Crippen LogP) is 2.40. The van der Waals surface area contributed by atoms with E-state index in [1.54, 1.807) is 0 Å². The molecule has 0 bridgehead atoms. The molecule has 0 aliphatic carbocycles. The topological polar surface area (TPSA) is 35.5 Å². The van der Waals surface area contributed by atoms with Gasteiger partial charge in [-0.2, -0.15) is 0 Å². The summed E-state index contributed by atoms with van der Waals surface area (Å²) >= 11 is 0. The number of carbonyl (C=O) groups is 1. The summed E-state index contributed by atoms with van der Waals surface area (Å²) in [5, 5.41) is 0. The Hall–Kier alpha value is -1.79. The largest absolute Gasteiger partial charge is 0.464 e. The van der Waals surface area contributed by atoms with E-state index in [2.05, 4.69) is 11.8 Å². The Bertz CT molecular complexity index is 450. The molecule has 0 radical (unpaired) electrons. The van der Waals surface area contributed by atoms with Crippen molar-refractivity contribution in [2.75, 3.05) is 19.8 Å². The third kappa shape index (κ3) is 4.76. The molecule has 2 rings (SSSR count).